The van der Waals surface area contributed by atoms with Gasteiger partial charge in [0.2, 0.25) is 11.8 Å². The molecule has 1 amide bonds. The van der Waals surface area contributed by atoms with Crippen LogP contribution in [0.3, 0.4) is 0 Å². The zero-order valence-corrected chi connectivity index (χ0v) is 17.9. The first-order chi connectivity index (χ1) is 14.1. The van der Waals surface area contributed by atoms with Crippen molar-refractivity contribution in [3.8, 4) is 10.8 Å². The Morgan fingerprint density at radius 1 is 1.34 bits per heavy atom. The van der Waals surface area contributed by atoms with Gasteiger partial charge in [-0.1, -0.05) is 6.07 Å². The molecule has 2 aliphatic rings. The summed E-state index contributed by atoms with van der Waals surface area (Å²) in [6, 6.07) is 4.46. The number of rotatable bonds is 5. The van der Waals surface area contributed by atoms with E-state index in [-0.39, 0.29) is 12.3 Å². The van der Waals surface area contributed by atoms with Crippen LogP contribution in [-0.2, 0) is 11.2 Å². The molecule has 29 heavy (non-hydrogen) atoms. The quantitative estimate of drug-likeness (QED) is 0.614. The third-order valence-electron chi connectivity index (χ3n) is 5.80. The van der Waals surface area contributed by atoms with Gasteiger partial charge in [-0.25, -0.2) is 4.98 Å². The number of aromatic nitrogens is 4. The monoisotopic (exact) mass is 429 g/mol. The van der Waals surface area contributed by atoms with Crippen LogP contribution in [0.1, 0.15) is 54.9 Å². The molecule has 1 N–H and O–H groups in total. The minimum Gasteiger partial charge on any atom is -0.440 e. The van der Waals surface area contributed by atoms with Crippen molar-refractivity contribution < 1.29 is 9.21 Å². The second-order valence-corrected chi connectivity index (χ2v) is 9.15. The van der Waals surface area contributed by atoms with Gasteiger partial charge in [0, 0.05) is 25.0 Å². The summed E-state index contributed by atoms with van der Waals surface area (Å²) in [4.78, 5) is 20.3. The van der Waals surface area contributed by atoms with Crippen LogP contribution in [0, 0.1) is 11.7 Å². The number of nitrogens with one attached hydrogen (secondary N) is 1. The maximum absolute atomic E-state index is 12.9. The van der Waals surface area contributed by atoms with E-state index in [1.807, 2.05) is 29.3 Å². The summed E-state index contributed by atoms with van der Waals surface area (Å²) < 4.78 is 8.69. The molecule has 0 aromatic carbocycles. The molecular weight excluding hydrogens is 406 g/mol. The zero-order valence-electron chi connectivity index (χ0n) is 16.3. The molecule has 0 radical (unpaired) electrons. The number of hydrogen-bond acceptors (Lipinski definition) is 6. The highest BCUT2D eigenvalue weighted by Gasteiger charge is 2.32. The van der Waals surface area contributed by atoms with Gasteiger partial charge in [0.1, 0.15) is 11.6 Å². The first kappa shape index (κ1) is 18.7. The highest BCUT2D eigenvalue weighted by Crippen LogP contribution is 2.39. The minimum atomic E-state index is 0.110. The van der Waals surface area contributed by atoms with Gasteiger partial charge >= 0.3 is 0 Å². The number of nitrogens with zero attached hydrogens (tertiary/aromatic N) is 4. The third kappa shape index (κ3) is 3.69. The molecule has 4 heterocycles. The molecule has 1 saturated heterocycles. The van der Waals surface area contributed by atoms with Crippen LogP contribution in [0.4, 0.5) is 0 Å². The number of thiophene rings is 1. The molecule has 7 nitrogen and oxygen atoms in total. The standard InChI is InChI=1S/C20H23N5O2S2/c1-12-15(21-19(27-12)16-3-2-10-29-16)11-17(26)24-8-6-13(7-9-24)18-22-23-20(28)25(18)14-4-5-14/h2-3,10,13-14H,4-9,11H2,1H3,(H,23,28). The molecule has 1 saturated carbocycles. The van der Waals surface area contributed by atoms with Crippen molar-refractivity contribution >= 4 is 29.5 Å². The second-order valence-electron chi connectivity index (χ2n) is 7.82. The van der Waals surface area contributed by atoms with Gasteiger partial charge < -0.3 is 13.9 Å². The molecule has 9 heteroatoms. The normalized spacial score (nSPS) is 17.8. The minimum absolute atomic E-state index is 0.110. The predicted octanol–water partition coefficient (Wildman–Crippen LogP) is 4.25. The first-order valence-corrected chi connectivity index (χ1v) is 11.3. The maximum Gasteiger partial charge on any atom is 0.236 e. The predicted molar refractivity (Wildman–Crippen MR) is 112 cm³/mol. The number of H-pyrrole nitrogens is 1. The van der Waals surface area contributed by atoms with Crippen LogP contribution in [0.15, 0.2) is 21.9 Å². The first-order valence-electron chi connectivity index (χ1n) is 10.0. The van der Waals surface area contributed by atoms with E-state index in [1.165, 1.54) is 12.8 Å². The molecule has 0 bridgehead atoms. The topological polar surface area (TPSA) is 80.0 Å². The van der Waals surface area contributed by atoms with E-state index in [4.69, 9.17) is 16.6 Å². The van der Waals surface area contributed by atoms with Crippen molar-refractivity contribution in [3.05, 3.63) is 39.6 Å². The van der Waals surface area contributed by atoms with Crippen LogP contribution in [0.2, 0.25) is 0 Å². The van der Waals surface area contributed by atoms with Crippen molar-refractivity contribution in [2.45, 2.75) is 51.0 Å². The van der Waals surface area contributed by atoms with Crippen LogP contribution in [0.5, 0.6) is 0 Å². The average molecular weight is 430 g/mol. The Morgan fingerprint density at radius 3 is 2.83 bits per heavy atom. The smallest absolute Gasteiger partial charge is 0.236 e. The molecule has 152 valence electrons. The summed E-state index contributed by atoms with van der Waals surface area (Å²) in [7, 11) is 0. The Morgan fingerprint density at radius 2 is 2.14 bits per heavy atom. The molecule has 3 aromatic rings. The molecular formula is C20H23N5O2S2. The number of hydrogen-bond donors (Lipinski definition) is 1. The van der Waals surface area contributed by atoms with E-state index in [0.717, 1.165) is 52.9 Å². The van der Waals surface area contributed by atoms with Crippen LogP contribution < -0.4 is 0 Å². The highest BCUT2D eigenvalue weighted by molar-refractivity contribution is 7.71. The van der Waals surface area contributed by atoms with E-state index < -0.39 is 0 Å². The fraction of sp³-hybridized carbons (Fsp3) is 0.500. The van der Waals surface area contributed by atoms with Crippen molar-refractivity contribution in [1.82, 2.24) is 24.6 Å². The Hall–Kier alpha value is -2.26. The van der Waals surface area contributed by atoms with Crippen molar-refractivity contribution in [2.75, 3.05) is 13.1 Å². The number of carbonyl (C=O) groups excluding carboxylic acids is 1. The highest BCUT2D eigenvalue weighted by atomic mass is 32.1. The van der Waals surface area contributed by atoms with Gasteiger partial charge in [0.05, 0.1) is 17.0 Å². The second kappa shape index (κ2) is 7.53. The van der Waals surface area contributed by atoms with Gasteiger partial charge in [-0.15, -0.1) is 11.3 Å². The van der Waals surface area contributed by atoms with E-state index in [1.54, 1.807) is 11.3 Å². The maximum atomic E-state index is 12.9. The fourth-order valence-electron chi connectivity index (χ4n) is 4.03. The van der Waals surface area contributed by atoms with Crippen LogP contribution >= 0.6 is 23.6 Å². The number of aromatic amines is 1. The summed E-state index contributed by atoms with van der Waals surface area (Å²) >= 11 is 6.99. The van der Waals surface area contributed by atoms with E-state index in [0.29, 0.717) is 17.9 Å². The molecule has 1 aliphatic carbocycles. The summed E-state index contributed by atoms with van der Waals surface area (Å²) in [5.74, 6) is 2.85. The van der Waals surface area contributed by atoms with Gasteiger partial charge in [0.25, 0.3) is 0 Å². The van der Waals surface area contributed by atoms with E-state index in [2.05, 4.69) is 19.7 Å². The molecule has 1 aliphatic heterocycles. The van der Waals surface area contributed by atoms with Gasteiger partial charge in [-0.3, -0.25) is 9.89 Å². The van der Waals surface area contributed by atoms with Crippen LogP contribution in [-0.4, -0.2) is 43.6 Å². The SMILES string of the molecule is Cc1oc(-c2cccs2)nc1CC(=O)N1CCC(c2n[nH]c(=S)n2C2CC2)CC1. The molecule has 3 aromatic heterocycles. The summed E-state index contributed by atoms with van der Waals surface area (Å²) in [5.41, 5.74) is 0.732. The lowest BCUT2D eigenvalue weighted by Crippen LogP contribution is -2.39. The fourth-order valence-corrected chi connectivity index (χ4v) is 4.97. The zero-order chi connectivity index (χ0) is 20.0. The number of aryl methyl sites for hydroxylation is 1. The number of oxazole rings is 1. The molecule has 0 spiro atoms. The molecule has 0 unspecified atom stereocenters. The number of carbonyl (C=O) groups is 1. The van der Waals surface area contributed by atoms with Gasteiger partial charge in [0.15, 0.2) is 4.77 Å². The summed E-state index contributed by atoms with van der Waals surface area (Å²) in [5, 5.41) is 9.45. The molecule has 5 rings (SSSR count). The van der Waals surface area contributed by atoms with E-state index in [9.17, 15) is 4.79 Å². The number of likely N-dealkylation sites (tertiary alicyclic amines) is 1. The Balaban J connectivity index is 1.23. The Bertz CT molecular complexity index is 1070. The molecule has 2 fully saturated rings. The van der Waals surface area contributed by atoms with Crippen LogP contribution in [0.25, 0.3) is 10.8 Å². The van der Waals surface area contributed by atoms with Crippen molar-refractivity contribution in [2.24, 2.45) is 0 Å². The number of piperidine rings is 1. The lowest BCUT2D eigenvalue weighted by molar-refractivity contribution is -0.131. The lowest BCUT2D eigenvalue weighted by atomic mass is 9.95. The molecule has 0 atom stereocenters. The van der Waals surface area contributed by atoms with Gasteiger partial charge in [-0.05, 0) is 56.3 Å². The summed E-state index contributed by atoms with van der Waals surface area (Å²) in [6.45, 7) is 3.35. The van der Waals surface area contributed by atoms with Gasteiger partial charge in [-0.2, -0.15) is 5.10 Å². The van der Waals surface area contributed by atoms with E-state index >= 15 is 0 Å². The largest absolute Gasteiger partial charge is 0.440 e. The number of amides is 1. The third-order valence-corrected chi connectivity index (χ3v) is 6.95. The Labute approximate surface area is 177 Å². The summed E-state index contributed by atoms with van der Waals surface area (Å²) in [6.07, 6.45) is 4.48. The average Bonchev–Trinajstić information content (AvgIpc) is 3.11. The van der Waals surface area contributed by atoms with Crippen molar-refractivity contribution in [3.63, 3.8) is 0 Å². The lowest BCUT2D eigenvalue weighted by Gasteiger charge is -2.31. The Kier molecular flexibility index (Phi) is 4.87. The van der Waals surface area contributed by atoms with Crippen molar-refractivity contribution in [1.29, 1.82) is 0 Å².